The minimum Gasteiger partial charge on any atom is -0.399 e. The quantitative estimate of drug-likeness (QED) is 0.633. The Morgan fingerprint density at radius 2 is 2.32 bits per heavy atom. The summed E-state index contributed by atoms with van der Waals surface area (Å²) in [5, 5.41) is 5.05. The standard InChI is InChI=1S/C14H15N3OS/c1-9(17-18-2)13-12(10-5-6-10)16-14(19-13)11-4-3-7-15-8-11/h3-4,7-8,10H,5-6H2,1-2H3. The molecule has 0 N–H and O–H groups in total. The van der Waals surface area contributed by atoms with Crippen molar-refractivity contribution in [3.05, 3.63) is 35.1 Å². The van der Waals surface area contributed by atoms with Gasteiger partial charge in [-0.05, 0) is 31.9 Å². The van der Waals surface area contributed by atoms with E-state index < -0.39 is 0 Å². The zero-order valence-electron chi connectivity index (χ0n) is 11.0. The first kappa shape index (κ1) is 12.3. The minimum absolute atomic E-state index is 0.596. The Bertz CT molecular complexity index is 602. The maximum Gasteiger partial charge on any atom is 0.125 e. The highest BCUT2D eigenvalue weighted by Crippen LogP contribution is 2.44. The molecule has 5 heteroatoms. The van der Waals surface area contributed by atoms with Gasteiger partial charge in [-0.15, -0.1) is 11.3 Å². The van der Waals surface area contributed by atoms with E-state index in [1.165, 1.54) is 18.5 Å². The molecular weight excluding hydrogens is 258 g/mol. The van der Waals surface area contributed by atoms with E-state index in [1.807, 2.05) is 25.3 Å². The monoisotopic (exact) mass is 273 g/mol. The lowest BCUT2D eigenvalue weighted by atomic mass is 10.2. The molecule has 19 heavy (non-hydrogen) atoms. The Morgan fingerprint density at radius 1 is 1.47 bits per heavy atom. The molecule has 4 nitrogen and oxygen atoms in total. The number of aromatic nitrogens is 2. The lowest BCUT2D eigenvalue weighted by molar-refractivity contribution is 0.213. The number of hydrogen-bond donors (Lipinski definition) is 0. The second kappa shape index (κ2) is 5.09. The van der Waals surface area contributed by atoms with Gasteiger partial charge in [0.25, 0.3) is 0 Å². The summed E-state index contributed by atoms with van der Waals surface area (Å²) in [7, 11) is 1.57. The van der Waals surface area contributed by atoms with Crippen molar-refractivity contribution in [1.29, 1.82) is 0 Å². The lowest BCUT2D eigenvalue weighted by Gasteiger charge is -1.98. The Balaban J connectivity index is 2.04. The third-order valence-electron chi connectivity index (χ3n) is 3.08. The van der Waals surface area contributed by atoms with Crippen LogP contribution in [0.4, 0.5) is 0 Å². The fourth-order valence-electron chi connectivity index (χ4n) is 2.02. The highest BCUT2D eigenvalue weighted by atomic mass is 32.1. The summed E-state index contributed by atoms with van der Waals surface area (Å²) in [5.41, 5.74) is 3.13. The van der Waals surface area contributed by atoms with Gasteiger partial charge in [0, 0.05) is 23.9 Å². The van der Waals surface area contributed by atoms with Crippen molar-refractivity contribution < 1.29 is 4.84 Å². The Kier molecular flexibility index (Phi) is 3.29. The molecule has 0 saturated heterocycles. The molecule has 0 aliphatic heterocycles. The first-order valence-corrected chi connectivity index (χ1v) is 7.10. The molecule has 0 spiro atoms. The molecule has 1 aliphatic carbocycles. The molecule has 0 unspecified atom stereocenters. The van der Waals surface area contributed by atoms with Crippen LogP contribution in [0.5, 0.6) is 0 Å². The van der Waals surface area contributed by atoms with Gasteiger partial charge < -0.3 is 4.84 Å². The molecule has 0 bridgehead atoms. The molecule has 1 aliphatic rings. The topological polar surface area (TPSA) is 47.4 Å². The molecule has 2 aromatic rings. The van der Waals surface area contributed by atoms with Crippen molar-refractivity contribution in [2.24, 2.45) is 5.16 Å². The van der Waals surface area contributed by atoms with Crippen LogP contribution in [-0.2, 0) is 4.84 Å². The summed E-state index contributed by atoms with van der Waals surface area (Å²) in [6, 6.07) is 3.97. The number of oxime groups is 1. The van der Waals surface area contributed by atoms with Crippen LogP contribution in [-0.4, -0.2) is 22.8 Å². The van der Waals surface area contributed by atoms with Crippen LogP contribution in [0.2, 0.25) is 0 Å². The van der Waals surface area contributed by atoms with Gasteiger partial charge in [-0.1, -0.05) is 5.16 Å². The number of thiazole rings is 1. The molecule has 0 atom stereocenters. The number of pyridine rings is 1. The summed E-state index contributed by atoms with van der Waals surface area (Å²) in [6.07, 6.45) is 6.08. The van der Waals surface area contributed by atoms with Gasteiger partial charge in [-0.25, -0.2) is 4.98 Å². The maximum absolute atomic E-state index is 4.88. The smallest absolute Gasteiger partial charge is 0.125 e. The number of hydrogen-bond acceptors (Lipinski definition) is 5. The molecule has 1 fully saturated rings. The molecule has 0 radical (unpaired) electrons. The van der Waals surface area contributed by atoms with Crippen molar-refractivity contribution in [2.75, 3.05) is 7.11 Å². The minimum atomic E-state index is 0.596. The third kappa shape index (κ3) is 2.51. The van der Waals surface area contributed by atoms with E-state index in [2.05, 4.69) is 10.1 Å². The van der Waals surface area contributed by atoms with Crippen LogP contribution < -0.4 is 0 Å². The first-order chi connectivity index (χ1) is 9.29. The molecule has 0 amide bonds. The second-order valence-corrected chi connectivity index (χ2v) is 5.61. The van der Waals surface area contributed by atoms with Crippen molar-refractivity contribution in [3.8, 4) is 10.6 Å². The van der Waals surface area contributed by atoms with E-state index >= 15 is 0 Å². The van der Waals surface area contributed by atoms with Crippen molar-refractivity contribution >= 4 is 17.0 Å². The molecule has 98 valence electrons. The van der Waals surface area contributed by atoms with Crippen LogP contribution in [0.1, 0.15) is 36.3 Å². The van der Waals surface area contributed by atoms with Gasteiger partial charge in [0.2, 0.25) is 0 Å². The normalized spacial score (nSPS) is 15.6. The van der Waals surface area contributed by atoms with E-state index in [1.54, 1.807) is 24.6 Å². The summed E-state index contributed by atoms with van der Waals surface area (Å²) in [6.45, 7) is 1.97. The summed E-state index contributed by atoms with van der Waals surface area (Å²) in [5.74, 6) is 0.596. The predicted molar refractivity (Wildman–Crippen MR) is 76.5 cm³/mol. The molecule has 0 aromatic carbocycles. The van der Waals surface area contributed by atoms with E-state index in [0.29, 0.717) is 5.92 Å². The van der Waals surface area contributed by atoms with Crippen LogP contribution in [0.3, 0.4) is 0 Å². The average molecular weight is 273 g/mol. The van der Waals surface area contributed by atoms with Crippen LogP contribution >= 0.6 is 11.3 Å². The van der Waals surface area contributed by atoms with Gasteiger partial charge in [0.15, 0.2) is 0 Å². The average Bonchev–Trinajstić information content (AvgIpc) is 3.19. The maximum atomic E-state index is 4.88. The predicted octanol–water partition coefficient (Wildman–Crippen LogP) is 3.45. The zero-order chi connectivity index (χ0) is 13.2. The van der Waals surface area contributed by atoms with Crippen molar-refractivity contribution in [1.82, 2.24) is 9.97 Å². The number of nitrogens with zero attached hydrogens (tertiary/aromatic N) is 3. The van der Waals surface area contributed by atoms with Gasteiger partial charge >= 0.3 is 0 Å². The van der Waals surface area contributed by atoms with E-state index in [9.17, 15) is 0 Å². The fourth-order valence-corrected chi connectivity index (χ4v) is 3.09. The largest absolute Gasteiger partial charge is 0.399 e. The molecule has 3 rings (SSSR count). The van der Waals surface area contributed by atoms with Gasteiger partial charge in [0.05, 0.1) is 16.3 Å². The Labute approximate surface area is 116 Å². The molecular formula is C14H15N3OS. The van der Waals surface area contributed by atoms with Crippen LogP contribution in [0.25, 0.3) is 10.6 Å². The van der Waals surface area contributed by atoms with E-state index in [4.69, 9.17) is 9.82 Å². The third-order valence-corrected chi connectivity index (χ3v) is 4.31. The van der Waals surface area contributed by atoms with E-state index in [-0.39, 0.29) is 0 Å². The SMILES string of the molecule is CON=C(C)c1sc(-c2cccnc2)nc1C1CC1. The Morgan fingerprint density at radius 3 is 2.95 bits per heavy atom. The lowest BCUT2D eigenvalue weighted by Crippen LogP contribution is -1.96. The van der Waals surface area contributed by atoms with Gasteiger partial charge in [-0.3, -0.25) is 4.98 Å². The van der Waals surface area contributed by atoms with Gasteiger partial charge in [0.1, 0.15) is 12.1 Å². The summed E-state index contributed by atoms with van der Waals surface area (Å²) >= 11 is 1.67. The summed E-state index contributed by atoms with van der Waals surface area (Å²) < 4.78 is 0. The molecule has 1 saturated carbocycles. The highest BCUT2D eigenvalue weighted by molar-refractivity contribution is 7.17. The van der Waals surface area contributed by atoms with Crippen LogP contribution in [0, 0.1) is 0 Å². The number of rotatable bonds is 4. The summed E-state index contributed by atoms with van der Waals surface area (Å²) in [4.78, 5) is 15.0. The van der Waals surface area contributed by atoms with Crippen molar-refractivity contribution in [2.45, 2.75) is 25.7 Å². The zero-order valence-corrected chi connectivity index (χ0v) is 11.8. The highest BCUT2D eigenvalue weighted by Gasteiger charge is 2.30. The van der Waals surface area contributed by atoms with Gasteiger partial charge in [-0.2, -0.15) is 0 Å². The van der Waals surface area contributed by atoms with E-state index in [0.717, 1.165) is 21.2 Å². The van der Waals surface area contributed by atoms with Crippen molar-refractivity contribution in [3.63, 3.8) is 0 Å². The molecule has 2 aromatic heterocycles. The van der Waals surface area contributed by atoms with Crippen LogP contribution in [0.15, 0.2) is 29.7 Å². The Hall–Kier alpha value is -1.75. The molecule has 2 heterocycles. The fraction of sp³-hybridized carbons (Fsp3) is 0.357. The first-order valence-electron chi connectivity index (χ1n) is 6.29. The second-order valence-electron chi connectivity index (χ2n) is 4.61.